The van der Waals surface area contributed by atoms with Crippen molar-refractivity contribution in [2.24, 2.45) is 5.92 Å². The lowest BCUT2D eigenvalue weighted by Crippen LogP contribution is -2.36. The van der Waals surface area contributed by atoms with E-state index in [1.165, 1.54) is 50.1 Å². The summed E-state index contributed by atoms with van der Waals surface area (Å²) < 4.78 is 16.7. The third-order valence-electron chi connectivity index (χ3n) is 7.80. The molecule has 1 amide bonds. The van der Waals surface area contributed by atoms with Crippen molar-refractivity contribution in [2.75, 3.05) is 0 Å². The number of halogens is 1. The third kappa shape index (κ3) is 7.93. The molecule has 1 saturated carbocycles. The van der Waals surface area contributed by atoms with Gasteiger partial charge in [0.1, 0.15) is 5.82 Å². The van der Waals surface area contributed by atoms with Crippen LogP contribution in [0.25, 0.3) is 10.9 Å². The second-order valence-electron chi connectivity index (χ2n) is 10.4. The second-order valence-corrected chi connectivity index (χ2v) is 10.4. The molecule has 3 nitrogen and oxygen atoms in total. The number of fused-ring (bicyclic) bond motifs is 1. The van der Waals surface area contributed by atoms with Gasteiger partial charge in [-0.05, 0) is 54.5 Å². The Kier molecular flexibility index (Phi) is 11.7. The number of rotatable bonds is 11. The molecule has 202 valence electrons. The Hall–Kier alpha value is -2.62. The van der Waals surface area contributed by atoms with Crippen LogP contribution >= 0.6 is 0 Å². The Morgan fingerprint density at radius 2 is 1.81 bits per heavy atom. The van der Waals surface area contributed by atoms with Crippen LogP contribution in [0.15, 0.2) is 54.7 Å². The van der Waals surface area contributed by atoms with Crippen LogP contribution in [0.2, 0.25) is 0 Å². The number of para-hydroxylation sites is 1. The average Bonchev–Trinajstić information content (AvgIpc) is 3.29. The van der Waals surface area contributed by atoms with Gasteiger partial charge in [0.2, 0.25) is 5.91 Å². The normalized spacial score (nSPS) is 15.6. The first kappa shape index (κ1) is 28.9. The zero-order valence-corrected chi connectivity index (χ0v) is 23.4. The smallest absolute Gasteiger partial charge is 0.221 e. The maximum absolute atomic E-state index is 14.3. The number of nitrogens with zero attached hydrogens (tertiary/aromatic N) is 1. The van der Waals surface area contributed by atoms with Crippen molar-refractivity contribution in [2.45, 2.75) is 110 Å². The minimum absolute atomic E-state index is 0.0670. The van der Waals surface area contributed by atoms with Crippen LogP contribution in [0.4, 0.5) is 4.39 Å². The molecule has 1 aliphatic rings. The number of nitrogens with one attached hydrogen (secondary N) is 1. The summed E-state index contributed by atoms with van der Waals surface area (Å²) >= 11 is 0. The molecule has 4 rings (SSSR count). The van der Waals surface area contributed by atoms with Gasteiger partial charge in [-0.1, -0.05) is 96.6 Å². The SMILES string of the molecule is CC.CCCCC(CC)Cn1cc(C(CC(=O)NC2CCCCC2)c2cccc(F)c2)c2ccccc21. The highest BCUT2D eigenvalue weighted by Crippen LogP contribution is 2.36. The fourth-order valence-corrected chi connectivity index (χ4v) is 5.75. The number of aromatic nitrogens is 1. The molecule has 1 fully saturated rings. The number of carbonyl (C=O) groups excluding carboxylic acids is 1. The summed E-state index contributed by atoms with van der Waals surface area (Å²) in [4.78, 5) is 13.2. The van der Waals surface area contributed by atoms with E-state index in [1.807, 2.05) is 19.9 Å². The Morgan fingerprint density at radius 1 is 1.05 bits per heavy atom. The monoisotopic (exact) mass is 506 g/mol. The first-order valence-corrected chi connectivity index (χ1v) is 14.7. The van der Waals surface area contributed by atoms with Crippen molar-refractivity contribution < 1.29 is 9.18 Å². The van der Waals surface area contributed by atoms with Gasteiger partial charge in [0.05, 0.1) is 0 Å². The standard InChI is InChI=1S/C31H41FN2O.C2H6/c1-3-5-12-23(4-2)21-34-22-29(27-17-9-10-18-30(27)34)28(24-13-11-14-25(32)19-24)20-31(35)33-26-15-7-6-8-16-26;1-2/h9-11,13-14,17-19,22-23,26,28H,3-8,12,15-16,20-21H2,1-2H3,(H,33,35);1-2H3. The average molecular weight is 507 g/mol. The van der Waals surface area contributed by atoms with E-state index >= 15 is 0 Å². The van der Waals surface area contributed by atoms with E-state index in [9.17, 15) is 9.18 Å². The molecule has 37 heavy (non-hydrogen) atoms. The zero-order chi connectivity index (χ0) is 26.6. The first-order valence-electron chi connectivity index (χ1n) is 14.7. The van der Waals surface area contributed by atoms with E-state index < -0.39 is 0 Å². The highest BCUT2D eigenvalue weighted by Gasteiger charge is 2.25. The van der Waals surface area contributed by atoms with Crippen LogP contribution in [0.1, 0.15) is 109 Å². The molecule has 4 heteroatoms. The summed E-state index contributed by atoms with van der Waals surface area (Å²) in [5.74, 6) is 0.254. The molecule has 0 saturated heterocycles. The lowest BCUT2D eigenvalue weighted by atomic mass is 9.87. The van der Waals surface area contributed by atoms with E-state index in [0.717, 1.165) is 42.3 Å². The summed E-state index contributed by atoms with van der Waals surface area (Å²) in [5, 5.41) is 4.45. The molecule has 1 aromatic heterocycles. The van der Waals surface area contributed by atoms with Crippen LogP contribution in [0, 0.1) is 11.7 Å². The molecule has 1 N–H and O–H groups in total. The summed E-state index contributed by atoms with van der Waals surface area (Å²) in [5.41, 5.74) is 3.19. The van der Waals surface area contributed by atoms with Gasteiger partial charge in [-0.25, -0.2) is 4.39 Å². The van der Waals surface area contributed by atoms with E-state index in [0.29, 0.717) is 12.3 Å². The minimum Gasteiger partial charge on any atom is -0.353 e. The molecule has 0 bridgehead atoms. The molecule has 2 unspecified atom stereocenters. The van der Waals surface area contributed by atoms with Gasteiger partial charge in [-0.3, -0.25) is 4.79 Å². The molecule has 2 atom stereocenters. The van der Waals surface area contributed by atoms with E-state index in [1.54, 1.807) is 12.1 Å². The molecule has 2 aromatic carbocycles. The van der Waals surface area contributed by atoms with Crippen molar-refractivity contribution in [1.29, 1.82) is 0 Å². The summed E-state index contributed by atoms with van der Waals surface area (Å²) in [7, 11) is 0. The van der Waals surface area contributed by atoms with Crippen molar-refractivity contribution in [3.05, 3.63) is 71.7 Å². The van der Waals surface area contributed by atoms with Gasteiger partial charge >= 0.3 is 0 Å². The lowest BCUT2D eigenvalue weighted by Gasteiger charge is -2.24. The zero-order valence-electron chi connectivity index (χ0n) is 23.4. The van der Waals surface area contributed by atoms with Crippen LogP contribution in [-0.2, 0) is 11.3 Å². The maximum atomic E-state index is 14.3. The minimum atomic E-state index is -0.255. The fraction of sp³-hybridized carbons (Fsp3) is 0.545. The number of unbranched alkanes of at least 4 members (excludes halogenated alkanes) is 1. The second kappa shape index (κ2) is 15.0. The summed E-state index contributed by atoms with van der Waals surface area (Å²) in [6.07, 6.45) is 13.2. The summed E-state index contributed by atoms with van der Waals surface area (Å²) in [6.45, 7) is 9.50. The van der Waals surface area contributed by atoms with E-state index in [-0.39, 0.29) is 23.7 Å². The van der Waals surface area contributed by atoms with Crippen LogP contribution < -0.4 is 5.32 Å². The van der Waals surface area contributed by atoms with E-state index in [2.05, 4.69) is 54.2 Å². The molecule has 1 aliphatic carbocycles. The third-order valence-corrected chi connectivity index (χ3v) is 7.80. The Morgan fingerprint density at radius 3 is 2.51 bits per heavy atom. The van der Waals surface area contributed by atoms with Crippen molar-refractivity contribution in [3.8, 4) is 0 Å². The molecular formula is C33H47FN2O. The van der Waals surface area contributed by atoms with Gasteiger partial charge < -0.3 is 9.88 Å². The largest absolute Gasteiger partial charge is 0.353 e. The molecule has 0 radical (unpaired) electrons. The molecule has 0 spiro atoms. The number of amides is 1. The fourth-order valence-electron chi connectivity index (χ4n) is 5.75. The number of benzene rings is 2. The Bertz CT molecular complexity index is 1100. The van der Waals surface area contributed by atoms with Crippen LogP contribution in [0.5, 0.6) is 0 Å². The molecule has 1 heterocycles. The van der Waals surface area contributed by atoms with Gasteiger partial charge in [0.25, 0.3) is 0 Å². The van der Waals surface area contributed by atoms with Gasteiger partial charge in [0, 0.05) is 42.0 Å². The molecule has 0 aliphatic heterocycles. The van der Waals surface area contributed by atoms with Crippen LogP contribution in [-0.4, -0.2) is 16.5 Å². The van der Waals surface area contributed by atoms with Crippen molar-refractivity contribution >= 4 is 16.8 Å². The molecular weight excluding hydrogens is 459 g/mol. The number of hydrogen-bond acceptors (Lipinski definition) is 1. The Balaban J connectivity index is 0.00000186. The van der Waals surface area contributed by atoms with Crippen molar-refractivity contribution in [1.82, 2.24) is 9.88 Å². The van der Waals surface area contributed by atoms with Crippen LogP contribution in [0.3, 0.4) is 0 Å². The van der Waals surface area contributed by atoms with Gasteiger partial charge in [0.15, 0.2) is 0 Å². The predicted molar refractivity (Wildman–Crippen MR) is 154 cm³/mol. The van der Waals surface area contributed by atoms with Crippen molar-refractivity contribution in [3.63, 3.8) is 0 Å². The predicted octanol–water partition coefficient (Wildman–Crippen LogP) is 8.99. The van der Waals surface area contributed by atoms with Gasteiger partial charge in [-0.2, -0.15) is 0 Å². The summed E-state index contributed by atoms with van der Waals surface area (Å²) in [6, 6.07) is 15.5. The number of hydrogen-bond donors (Lipinski definition) is 1. The lowest BCUT2D eigenvalue weighted by molar-refractivity contribution is -0.122. The van der Waals surface area contributed by atoms with E-state index in [4.69, 9.17) is 0 Å². The first-order chi connectivity index (χ1) is 18.1. The Labute approximate surface area is 223 Å². The molecule has 3 aromatic rings. The maximum Gasteiger partial charge on any atom is 0.221 e. The quantitative estimate of drug-likeness (QED) is 0.277. The number of carbonyl (C=O) groups is 1. The van der Waals surface area contributed by atoms with Gasteiger partial charge in [-0.15, -0.1) is 0 Å². The highest BCUT2D eigenvalue weighted by molar-refractivity contribution is 5.86. The topological polar surface area (TPSA) is 34.0 Å². The highest BCUT2D eigenvalue weighted by atomic mass is 19.1.